The Kier molecular flexibility index (Phi) is 2.45. The maximum atomic E-state index is 12.1. The monoisotopic (exact) mass is 260 g/mol. The van der Waals surface area contributed by atoms with Crippen LogP contribution in [0.5, 0.6) is 5.75 Å². The van der Waals surface area contributed by atoms with E-state index in [4.69, 9.17) is 10.5 Å². The quantitative estimate of drug-likeness (QED) is 0.812. The zero-order valence-electron chi connectivity index (χ0n) is 11.8. The SMILES string of the molecule is Cc1cc2c(c3c1NC(=O)C3(C)C)O[C@@H](CN)[C@H]2C. The van der Waals surface area contributed by atoms with E-state index in [-0.39, 0.29) is 17.9 Å². The van der Waals surface area contributed by atoms with Crippen molar-refractivity contribution < 1.29 is 9.53 Å². The molecule has 4 heteroatoms. The molecule has 2 atom stereocenters. The van der Waals surface area contributed by atoms with Crippen molar-refractivity contribution >= 4 is 11.6 Å². The number of ether oxygens (including phenoxy) is 1. The minimum absolute atomic E-state index is 0.00685. The van der Waals surface area contributed by atoms with Gasteiger partial charge in [-0.3, -0.25) is 4.79 Å². The van der Waals surface area contributed by atoms with E-state index in [1.165, 1.54) is 5.56 Å². The molecule has 0 spiro atoms. The molecule has 2 aliphatic rings. The summed E-state index contributed by atoms with van der Waals surface area (Å²) in [6.45, 7) is 8.54. The molecule has 3 N–H and O–H groups in total. The van der Waals surface area contributed by atoms with Crippen molar-refractivity contribution in [3.05, 3.63) is 22.8 Å². The number of nitrogens with one attached hydrogen (secondary N) is 1. The highest BCUT2D eigenvalue weighted by atomic mass is 16.5. The van der Waals surface area contributed by atoms with E-state index in [2.05, 4.69) is 18.3 Å². The molecule has 3 rings (SSSR count). The van der Waals surface area contributed by atoms with Gasteiger partial charge in [0.2, 0.25) is 5.91 Å². The van der Waals surface area contributed by atoms with Crippen LogP contribution in [0.4, 0.5) is 5.69 Å². The van der Waals surface area contributed by atoms with Crippen molar-refractivity contribution in [1.29, 1.82) is 0 Å². The molecule has 0 radical (unpaired) electrons. The topological polar surface area (TPSA) is 64.3 Å². The number of anilines is 1. The first-order valence-electron chi connectivity index (χ1n) is 6.74. The van der Waals surface area contributed by atoms with E-state index in [0.717, 1.165) is 22.6 Å². The van der Waals surface area contributed by atoms with Gasteiger partial charge in [0.05, 0.1) is 11.1 Å². The van der Waals surface area contributed by atoms with Crippen molar-refractivity contribution in [2.24, 2.45) is 5.73 Å². The molecule has 0 aliphatic carbocycles. The third-order valence-corrected chi connectivity index (χ3v) is 4.49. The summed E-state index contributed by atoms with van der Waals surface area (Å²) in [6.07, 6.45) is 0.00685. The summed E-state index contributed by atoms with van der Waals surface area (Å²) < 4.78 is 6.03. The molecule has 0 aromatic heterocycles. The molecule has 1 amide bonds. The van der Waals surface area contributed by atoms with Gasteiger partial charge < -0.3 is 15.8 Å². The van der Waals surface area contributed by atoms with Gasteiger partial charge in [-0.15, -0.1) is 0 Å². The van der Waals surface area contributed by atoms with Gasteiger partial charge in [0.15, 0.2) is 0 Å². The average Bonchev–Trinajstić information content (AvgIpc) is 2.78. The molecule has 2 aliphatic heterocycles. The van der Waals surface area contributed by atoms with Crippen molar-refractivity contribution in [3.8, 4) is 5.75 Å². The highest BCUT2D eigenvalue weighted by Crippen LogP contribution is 2.51. The second-order valence-electron chi connectivity index (χ2n) is 6.12. The van der Waals surface area contributed by atoms with Crippen molar-refractivity contribution in [2.45, 2.75) is 45.1 Å². The largest absolute Gasteiger partial charge is 0.488 e. The molecule has 0 unspecified atom stereocenters. The number of carbonyl (C=O) groups excluding carboxylic acids is 1. The number of rotatable bonds is 1. The van der Waals surface area contributed by atoms with Crippen LogP contribution in [-0.4, -0.2) is 18.6 Å². The van der Waals surface area contributed by atoms with Crippen LogP contribution < -0.4 is 15.8 Å². The van der Waals surface area contributed by atoms with Crippen molar-refractivity contribution in [2.75, 3.05) is 11.9 Å². The number of amides is 1. The number of nitrogens with two attached hydrogens (primary N) is 1. The van der Waals surface area contributed by atoms with Gasteiger partial charge in [-0.2, -0.15) is 0 Å². The summed E-state index contributed by atoms with van der Waals surface area (Å²) in [6, 6.07) is 2.12. The fraction of sp³-hybridized carbons (Fsp3) is 0.533. The number of benzene rings is 1. The number of aryl methyl sites for hydroxylation is 1. The highest BCUT2D eigenvalue weighted by Gasteiger charge is 2.45. The molecule has 0 bridgehead atoms. The summed E-state index contributed by atoms with van der Waals surface area (Å²) in [5.74, 6) is 1.17. The fourth-order valence-corrected chi connectivity index (χ4v) is 3.14. The summed E-state index contributed by atoms with van der Waals surface area (Å²) >= 11 is 0. The number of hydrogen-bond donors (Lipinski definition) is 2. The first-order valence-corrected chi connectivity index (χ1v) is 6.74. The van der Waals surface area contributed by atoms with Crippen molar-refractivity contribution in [1.82, 2.24) is 0 Å². The van der Waals surface area contributed by atoms with Crippen LogP contribution >= 0.6 is 0 Å². The van der Waals surface area contributed by atoms with Gasteiger partial charge in [0, 0.05) is 23.6 Å². The number of hydrogen-bond acceptors (Lipinski definition) is 3. The maximum Gasteiger partial charge on any atom is 0.234 e. The number of fused-ring (bicyclic) bond motifs is 3. The molecule has 0 saturated heterocycles. The van der Waals surface area contributed by atoms with Crippen LogP contribution in [0.25, 0.3) is 0 Å². The smallest absolute Gasteiger partial charge is 0.234 e. The van der Waals surface area contributed by atoms with Crippen LogP contribution in [-0.2, 0) is 10.2 Å². The maximum absolute atomic E-state index is 12.1. The van der Waals surface area contributed by atoms with Crippen LogP contribution in [0, 0.1) is 6.92 Å². The third-order valence-electron chi connectivity index (χ3n) is 4.49. The van der Waals surface area contributed by atoms with Crippen LogP contribution in [0.3, 0.4) is 0 Å². The molecule has 19 heavy (non-hydrogen) atoms. The summed E-state index contributed by atoms with van der Waals surface area (Å²) in [7, 11) is 0. The molecular weight excluding hydrogens is 240 g/mol. The molecule has 1 aromatic carbocycles. The second kappa shape index (κ2) is 3.73. The molecule has 0 saturated carbocycles. The molecule has 4 nitrogen and oxygen atoms in total. The standard InChI is InChI=1S/C15H20N2O2/c1-7-5-9-8(2)10(6-16)19-13(9)11-12(7)17-14(18)15(11,3)4/h5,8,10H,6,16H2,1-4H3,(H,17,18)/t8-,10-/m0/s1. The third kappa shape index (κ3) is 1.46. The fourth-order valence-electron chi connectivity index (χ4n) is 3.14. The van der Waals surface area contributed by atoms with E-state index in [1.54, 1.807) is 0 Å². The molecule has 102 valence electrons. The summed E-state index contributed by atoms with van der Waals surface area (Å²) in [4.78, 5) is 12.1. The van der Waals surface area contributed by atoms with E-state index >= 15 is 0 Å². The van der Waals surface area contributed by atoms with E-state index < -0.39 is 5.41 Å². The lowest BCUT2D eigenvalue weighted by Crippen LogP contribution is -2.29. The lowest BCUT2D eigenvalue weighted by atomic mass is 9.82. The zero-order chi connectivity index (χ0) is 13.9. The van der Waals surface area contributed by atoms with Gasteiger partial charge in [0.1, 0.15) is 11.9 Å². The molecule has 2 heterocycles. The van der Waals surface area contributed by atoms with E-state index in [9.17, 15) is 4.79 Å². The number of carbonyl (C=O) groups is 1. The van der Waals surface area contributed by atoms with Crippen LogP contribution in [0.2, 0.25) is 0 Å². The zero-order valence-corrected chi connectivity index (χ0v) is 11.8. The summed E-state index contributed by atoms with van der Waals surface area (Å²) in [5, 5.41) is 2.98. The Bertz CT molecular complexity index is 578. The molecular formula is C15H20N2O2. The van der Waals surface area contributed by atoms with Gasteiger partial charge in [0.25, 0.3) is 0 Å². The Hall–Kier alpha value is -1.55. The van der Waals surface area contributed by atoms with E-state index in [0.29, 0.717) is 6.54 Å². The Labute approximate surface area is 113 Å². The molecule has 0 fully saturated rings. The van der Waals surface area contributed by atoms with Crippen LogP contribution in [0.1, 0.15) is 43.4 Å². The predicted octanol–water partition coefficient (Wildman–Crippen LogP) is 2.05. The summed E-state index contributed by atoms with van der Waals surface area (Å²) in [5.41, 5.74) is 9.41. The van der Waals surface area contributed by atoms with E-state index in [1.807, 2.05) is 20.8 Å². The van der Waals surface area contributed by atoms with Gasteiger partial charge in [-0.25, -0.2) is 0 Å². The Morgan fingerprint density at radius 1 is 1.47 bits per heavy atom. The minimum Gasteiger partial charge on any atom is -0.488 e. The second-order valence-corrected chi connectivity index (χ2v) is 6.12. The Balaban J connectivity index is 2.26. The lowest BCUT2D eigenvalue weighted by molar-refractivity contribution is -0.119. The Morgan fingerprint density at radius 3 is 2.79 bits per heavy atom. The highest BCUT2D eigenvalue weighted by molar-refractivity contribution is 6.07. The normalized spacial score (nSPS) is 26.7. The lowest BCUT2D eigenvalue weighted by Gasteiger charge is -2.19. The van der Waals surface area contributed by atoms with Crippen molar-refractivity contribution in [3.63, 3.8) is 0 Å². The van der Waals surface area contributed by atoms with Gasteiger partial charge in [-0.05, 0) is 32.4 Å². The average molecular weight is 260 g/mol. The molecule has 1 aromatic rings. The predicted molar refractivity (Wildman–Crippen MR) is 74.7 cm³/mol. The minimum atomic E-state index is -0.547. The Morgan fingerprint density at radius 2 is 2.16 bits per heavy atom. The van der Waals surface area contributed by atoms with Gasteiger partial charge in [-0.1, -0.05) is 6.92 Å². The van der Waals surface area contributed by atoms with Crippen LogP contribution in [0.15, 0.2) is 6.07 Å². The first-order chi connectivity index (χ1) is 8.87. The van der Waals surface area contributed by atoms with Gasteiger partial charge >= 0.3 is 0 Å². The first kappa shape index (κ1) is 12.5.